The highest BCUT2D eigenvalue weighted by atomic mass is 16.6. The van der Waals surface area contributed by atoms with Gasteiger partial charge in [-0.15, -0.1) is 0 Å². The van der Waals surface area contributed by atoms with E-state index in [-0.39, 0.29) is 5.69 Å². The van der Waals surface area contributed by atoms with Gasteiger partial charge in [-0.25, -0.2) is 4.98 Å². The van der Waals surface area contributed by atoms with E-state index in [0.717, 1.165) is 11.3 Å². The van der Waals surface area contributed by atoms with Gasteiger partial charge >= 0.3 is 0 Å². The smallest absolute Gasteiger partial charge is 0.271 e. The van der Waals surface area contributed by atoms with E-state index < -0.39 is 4.92 Å². The van der Waals surface area contributed by atoms with Crippen molar-refractivity contribution in [3.63, 3.8) is 0 Å². The van der Waals surface area contributed by atoms with Gasteiger partial charge in [0.1, 0.15) is 17.3 Å². The topological polar surface area (TPSA) is 90.3 Å². The van der Waals surface area contributed by atoms with E-state index in [9.17, 15) is 10.1 Å². The molecule has 0 unspecified atom stereocenters. The maximum Gasteiger partial charge on any atom is 0.271 e. The molecule has 1 N–H and O–H groups in total. The Hall–Kier alpha value is -3.09. The lowest BCUT2D eigenvalue weighted by atomic mass is 10.2. The van der Waals surface area contributed by atoms with Gasteiger partial charge in [0.05, 0.1) is 34.7 Å². The summed E-state index contributed by atoms with van der Waals surface area (Å²) in [6.45, 7) is 4.90. The average molecular weight is 327 g/mol. The largest absolute Gasteiger partial charge is 0.494 e. The van der Waals surface area contributed by atoms with Gasteiger partial charge in [-0.2, -0.15) is 0 Å². The number of imidazole rings is 1. The Morgan fingerprint density at radius 3 is 2.62 bits per heavy atom. The molecular weight excluding hydrogens is 310 g/mol. The fraction of sp³-hybridized carbons (Fsp3) is 0.235. The number of non-ortho nitro benzene ring substituents is 1. The Morgan fingerprint density at radius 1 is 1.12 bits per heavy atom. The molecule has 0 aliphatic carbocycles. The van der Waals surface area contributed by atoms with Crippen LogP contribution < -0.4 is 9.47 Å². The molecule has 3 aromatic rings. The Morgan fingerprint density at radius 2 is 1.92 bits per heavy atom. The van der Waals surface area contributed by atoms with Crippen LogP contribution in [0, 0.1) is 10.1 Å². The highest BCUT2D eigenvalue weighted by Crippen LogP contribution is 2.33. The number of fused-ring (bicyclic) bond motifs is 1. The van der Waals surface area contributed by atoms with E-state index in [1.165, 1.54) is 12.1 Å². The minimum atomic E-state index is -0.428. The van der Waals surface area contributed by atoms with Crippen molar-refractivity contribution in [3.05, 3.63) is 46.5 Å². The quantitative estimate of drug-likeness (QED) is 0.547. The number of nitro benzene ring substituents is 1. The first-order valence-corrected chi connectivity index (χ1v) is 7.66. The first kappa shape index (κ1) is 15.8. The molecule has 0 atom stereocenters. The predicted molar refractivity (Wildman–Crippen MR) is 90.5 cm³/mol. The molecule has 124 valence electrons. The van der Waals surface area contributed by atoms with Gasteiger partial charge in [0.15, 0.2) is 0 Å². The number of ether oxygens (including phenoxy) is 2. The number of rotatable bonds is 6. The van der Waals surface area contributed by atoms with Gasteiger partial charge in [-0.3, -0.25) is 10.1 Å². The van der Waals surface area contributed by atoms with Crippen LogP contribution in [0.15, 0.2) is 36.4 Å². The minimum Gasteiger partial charge on any atom is -0.494 e. The molecule has 0 aliphatic heterocycles. The first-order valence-electron chi connectivity index (χ1n) is 7.66. The van der Waals surface area contributed by atoms with Crippen LogP contribution >= 0.6 is 0 Å². The van der Waals surface area contributed by atoms with Crippen molar-refractivity contribution in [2.45, 2.75) is 13.8 Å². The molecule has 1 aromatic heterocycles. The van der Waals surface area contributed by atoms with Crippen molar-refractivity contribution in [1.82, 2.24) is 9.97 Å². The third-order valence-corrected chi connectivity index (χ3v) is 3.50. The minimum absolute atomic E-state index is 0.0226. The molecule has 0 aliphatic rings. The van der Waals surface area contributed by atoms with Crippen molar-refractivity contribution in [2.75, 3.05) is 13.2 Å². The predicted octanol–water partition coefficient (Wildman–Crippen LogP) is 3.94. The molecule has 1 heterocycles. The molecule has 2 aromatic carbocycles. The molecule has 0 fully saturated rings. The molecule has 24 heavy (non-hydrogen) atoms. The summed E-state index contributed by atoms with van der Waals surface area (Å²) in [7, 11) is 0. The zero-order valence-corrected chi connectivity index (χ0v) is 13.4. The van der Waals surface area contributed by atoms with E-state index in [1.807, 2.05) is 32.0 Å². The number of nitro groups is 1. The van der Waals surface area contributed by atoms with Gasteiger partial charge in [0, 0.05) is 18.2 Å². The van der Waals surface area contributed by atoms with Gasteiger partial charge in [0.25, 0.3) is 5.69 Å². The Bertz CT molecular complexity index is 889. The highest BCUT2D eigenvalue weighted by molar-refractivity contribution is 5.82. The van der Waals surface area contributed by atoms with Crippen LogP contribution in [0.5, 0.6) is 11.5 Å². The van der Waals surface area contributed by atoms with Crippen molar-refractivity contribution >= 4 is 16.7 Å². The Kier molecular flexibility index (Phi) is 4.33. The van der Waals surface area contributed by atoms with Gasteiger partial charge in [0.2, 0.25) is 0 Å². The van der Waals surface area contributed by atoms with Crippen LogP contribution in [-0.4, -0.2) is 28.1 Å². The van der Waals surface area contributed by atoms with E-state index >= 15 is 0 Å². The monoisotopic (exact) mass is 327 g/mol. The summed E-state index contributed by atoms with van der Waals surface area (Å²) in [5.74, 6) is 1.96. The number of nitrogens with one attached hydrogen (secondary N) is 1. The van der Waals surface area contributed by atoms with Gasteiger partial charge in [-0.1, -0.05) is 0 Å². The van der Waals surface area contributed by atoms with Crippen molar-refractivity contribution in [1.29, 1.82) is 0 Å². The summed E-state index contributed by atoms with van der Waals surface area (Å²) >= 11 is 0. The van der Waals surface area contributed by atoms with Crippen LogP contribution in [0.25, 0.3) is 22.4 Å². The molecule has 0 spiro atoms. The second-order valence-corrected chi connectivity index (χ2v) is 5.07. The lowest BCUT2D eigenvalue weighted by Gasteiger charge is -2.11. The molecule has 3 rings (SSSR count). The van der Waals surface area contributed by atoms with Gasteiger partial charge < -0.3 is 14.5 Å². The zero-order chi connectivity index (χ0) is 17.1. The maximum atomic E-state index is 10.9. The Balaban J connectivity index is 2.07. The SMILES string of the molecule is CCOc1ccc(-c2nc3ccc([N+](=O)[O-])cc3[nH]2)c(OCC)c1. The first-order chi connectivity index (χ1) is 11.6. The number of hydrogen-bond acceptors (Lipinski definition) is 5. The molecular formula is C17H17N3O4. The standard InChI is InChI=1S/C17H17N3O4/c1-3-23-12-6-7-13(16(10-12)24-4-2)17-18-14-8-5-11(20(21)22)9-15(14)19-17/h5-10H,3-4H2,1-2H3,(H,18,19). The number of hydrogen-bond donors (Lipinski definition) is 1. The van der Waals surface area contributed by atoms with E-state index in [2.05, 4.69) is 9.97 Å². The lowest BCUT2D eigenvalue weighted by Crippen LogP contribution is -1.97. The maximum absolute atomic E-state index is 10.9. The van der Waals surface area contributed by atoms with E-state index in [4.69, 9.17) is 9.47 Å². The summed E-state index contributed by atoms with van der Waals surface area (Å²) < 4.78 is 11.2. The second kappa shape index (κ2) is 6.57. The van der Waals surface area contributed by atoms with Gasteiger partial charge in [-0.05, 0) is 32.0 Å². The summed E-state index contributed by atoms with van der Waals surface area (Å²) in [5, 5.41) is 10.9. The third-order valence-electron chi connectivity index (χ3n) is 3.50. The number of H-pyrrole nitrogens is 1. The summed E-state index contributed by atoms with van der Waals surface area (Å²) in [5.41, 5.74) is 2.07. The summed E-state index contributed by atoms with van der Waals surface area (Å²) in [6.07, 6.45) is 0. The van der Waals surface area contributed by atoms with Crippen molar-refractivity contribution in [2.24, 2.45) is 0 Å². The molecule has 7 heteroatoms. The van der Waals surface area contributed by atoms with Crippen molar-refractivity contribution < 1.29 is 14.4 Å². The molecule has 0 bridgehead atoms. The fourth-order valence-electron chi connectivity index (χ4n) is 2.47. The highest BCUT2D eigenvalue weighted by Gasteiger charge is 2.14. The normalized spacial score (nSPS) is 10.8. The number of aromatic nitrogens is 2. The molecule has 0 amide bonds. The van der Waals surface area contributed by atoms with Crippen LogP contribution in [0.3, 0.4) is 0 Å². The zero-order valence-electron chi connectivity index (χ0n) is 13.4. The van der Waals surface area contributed by atoms with E-state index in [1.54, 1.807) is 6.07 Å². The summed E-state index contributed by atoms with van der Waals surface area (Å²) in [6, 6.07) is 10.1. The number of aromatic amines is 1. The lowest BCUT2D eigenvalue weighted by molar-refractivity contribution is -0.384. The molecule has 0 saturated carbocycles. The Labute approximate surface area is 138 Å². The van der Waals surface area contributed by atoms with Crippen molar-refractivity contribution in [3.8, 4) is 22.9 Å². The second-order valence-electron chi connectivity index (χ2n) is 5.07. The van der Waals surface area contributed by atoms with E-state index in [0.29, 0.717) is 35.8 Å². The molecule has 7 nitrogen and oxygen atoms in total. The molecule has 0 radical (unpaired) electrons. The number of nitrogens with zero attached hydrogens (tertiary/aromatic N) is 2. The van der Waals surface area contributed by atoms with Crippen LogP contribution in [0.2, 0.25) is 0 Å². The fourth-order valence-corrected chi connectivity index (χ4v) is 2.47. The average Bonchev–Trinajstić information content (AvgIpc) is 2.98. The summed E-state index contributed by atoms with van der Waals surface area (Å²) in [4.78, 5) is 18.1. The van der Waals surface area contributed by atoms with Crippen LogP contribution in [0.1, 0.15) is 13.8 Å². The van der Waals surface area contributed by atoms with Crippen LogP contribution in [0.4, 0.5) is 5.69 Å². The molecule has 0 saturated heterocycles. The number of benzene rings is 2. The van der Waals surface area contributed by atoms with Crippen LogP contribution in [-0.2, 0) is 0 Å². The third kappa shape index (κ3) is 3.01.